The van der Waals surface area contributed by atoms with Gasteiger partial charge in [-0.2, -0.15) is 0 Å². The number of aryl methyl sites for hydroxylation is 1. The molecule has 0 amide bonds. The summed E-state index contributed by atoms with van der Waals surface area (Å²) in [4.78, 5) is 4.57. The van der Waals surface area contributed by atoms with Gasteiger partial charge in [0.05, 0.1) is 13.2 Å². The predicted octanol–water partition coefficient (Wildman–Crippen LogP) is 3.74. The molecule has 3 nitrogen and oxygen atoms in total. The molecule has 112 valence electrons. The van der Waals surface area contributed by atoms with Crippen molar-refractivity contribution in [1.29, 1.82) is 0 Å². The van der Waals surface area contributed by atoms with E-state index in [2.05, 4.69) is 48.4 Å². The van der Waals surface area contributed by atoms with Gasteiger partial charge in [-0.05, 0) is 42.6 Å². The Bertz CT molecular complexity index is 521. The summed E-state index contributed by atoms with van der Waals surface area (Å²) in [6.07, 6.45) is 3.92. The molecule has 0 radical (unpaired) electrons. The number of ether oxygens (including phenoxy) is 1. The van der Waals surface area contributed by atoms with Crippen molar-refractivity contribution in [2.24, 2.45) is 0 Å². The van der Waals surface area contributed by atoms with Gasteiger partial charge in [-0.15, -0.1) is 0 Å². The molecular formula is C18H24N2O. The molecule has 0 bridgehead atoms. The molecule has 21 heavy (non-hydrogen) atoms. The van der Waals surface area contributed by atoms with E-state index >= 15 is 0 Å². The summed E-state index contributed by atoms with van der Waals surface area (Å²) in [7, 11) is 1.70. The second kappa shape index (κ2) is 7.79. The minimum absolute atomic E-state index is 0.0669. The van der Waals surface area contributed by atoms with Crippen LogP contribution in [-0.4, -0.2) is 18.6 Å². The van der Waals surface area contributed by atoms with E-state index in [1.165, 1.54) is 11.1 Å². The first kappa shape index (κ1) is 15.5. The van der Waals surface area contributed by atoms with Crippen LogP contribution >= 0.6 is 0 Å². The lowest BCUT2D eigenvalue weighted by Crippen LogP contribution is -2.25. The number of aromatic nitrogens is 1. The Morgan fingerprint density at radius 3 is 2.67 bits per heavy atom. The lowest BCUT2D eigenvalue weighted by molar-refractivity contribution is 0.399. The van der Waals surface area contributed by atoms with Crippen molar-refractivity contribution in [3.8, 4) is 5.75 Å². The number of nitrogens with one attached hydrogen (secondary N) is 1. The van der Waals surface area contributed by atoms with Crippen LogP contribution < -0.4 is 10.1 Å². The Morgan fingerprint density at radius 2 is 1.95 bits per heavy atom. The molecule has 1 aromatic carbocycles. The van der Waals surface area contributed by atoms with Crippen molar-refractivity contribution in [3.05, 3.63) is 59.4 Å². The highest BCUT2D eigenvalue weighted by atomic mass is 16.5. The van der Waals surface area contributed by atoms with E-state index in [0.29, 0.717) is 0 Å². The first-order chi connectivity index (χ1) is 10.3. The van der Waals surface area contributed by atoms with E-state index in [4.69, 9.17) is 4.74 Å². The summed E-state index contributed by atoms with van der Waals surface area (Å²) < 4.78 is 5.50. The number of pyridine rings is 1. The van der Waals surface area contributed by atoms with Crippen LogP contribution in [0.5, 0.6) is 5.75 Å². The molecule has 0 aliphatic carbocycles. The van der Waals surface area contributed by atoms with Crippen LogP contribution in [0.4, 0.5) is 0 Å². The van der Waals surface area contributed by atoms with Crippen LogP contribution in [0.15, 0.2) is 42.6 Å². The zero-order chi connectivity index (χ0) is 15.1. The van der Waals surface area contributed by atoms with Gasteiger partial charge in [0.2, 0.25) is 0 Å². The maximum absolute atomic E-state index is 5.50. The van der Waals surface area contributed by atoms with Crippen molar-refractivity contribution in [2.75, 3.05) is 13.7 Å². The van der Waals surface area contributed by atoms with E-state index in [-0.39, 0.29) is 6.04 Å². The van der Waals surface area contributed by atoms with Crippen LogP contribution in [0.25, 0.3) is 0 Å². The first-order valence-electron chi connectivity index (χ1n) is 7.61. The van der Waals surface area contributed by atoms with Crippen LogP contribution in [0.3, 0.4) is 0 Å². The molecule has 0 aliphatic heterocycles. The molecule has 0 saturated heterocycles. The fourth-order valence-electron chi connectivity index (χ4n) is 2.57. The number of methoxy groups -OCH3 is 1. The Hall–Kier alpha value is -1.87. The van der Waals surface area contributed by atoms with Gasteiger partial charge < -0.3 is 10.1 Å². The number of benzene rings is 1. The third-order valence-corrected chi connectivity index (χ3v) is 3.64. The van der Waals surface area contributed by atoms with Crippen LogP contribution in [0.2, 0.25) is 0 Å². The van der Waals surface area contributed by atoms with E-state index < -0.39 is 0 Å². The number of rotatable bonds is 7. The van der Waals surface area contributed by atoms with Crippen molar-refractivity contribution in [2.45, 2.75) is 32.7 Å². The van der Waals surface area contributed by atoms with Crippen LogP contribution in [-0.2, 0) is 6.42 Å². The van der Waals surface area contributed by atoms with Crippen molar-refractivity contribution >= 4 is 0 Å². The van der Waals surface area contributed by atoms with Gasteiger partial charge in [-0.25, -0.2) is 0 Å². The second-order valence-electron chi connectivity index (χ2n) is 5.03. The molecule has 0 aliphatic rings. The number of hydrogen-bond acceptors (Lipinski definition) is 3. The summed E-state index contributed by atoms with van der Waals surface area (Å²) in [6, 6.07) is 12.5. The average molecular weight is 284 g/mol. The number of hydrogen-bond donors (Lipinski definition) is 1. The largest absolute Gasteiger partial charge is 0.495 e. The van der Waals surface area contributed by atoms with Gasteiger partial charge in [0.25, 0.3) is 0 Å². The SMILES string of the molecule is CCCNC(c1ccccc1CC)c1ncccc1OC. The highest BCUT2D eigenvalue weighted by Gasteiger charge is 2.20. The van der Waals surface area contributed by atoms with Crippen LogP contribution in [0, 0.1) is 0 Å². The van der Waals surface area contributed by atoms with Gasteiger partial charge in [0, 0.05) is 6.20 Å². The third kappa shape index (κ3) is 3.61. The molecule has 1 heterocycles. The fraction of sp³-hybridized carbons (Fsp3) is 0.389. The van der Waals surface area contributed by atoms with E-state index in [9.17, 15) is 0 Å². The monoisotopic (exact) mass is 284 g/mol. The topological polar surface area (TPSA) is 34.2 Å². The number of nitrogens with zero attached hydrogens (tertiary/aromatic N) is 1. The normalized spacial score (nSPS) is 12.1. The Kier molecular flexibility index (Phi) is 5.76. The quantitative estimate of drug-likeness (QED) is 0.841. The first-order valence-corrected chi connectivity index (χ1v) is 7.61. The molecule has 3 heteroatoms. The standard InChI is InChI=1S/C18H24N2O/c1-4-12-19-17(15-10-7-6-9-14(15)5-2)18-16(21-3)11-8-13-20-18/h6-11,13,17,19H,4-5,12H2,1-3H3. The fourth-order valence-corrected chi connectivity index (χ4v) is 2.57. The molecule has 1 atom stereocenters. The van der Waals surface area contributed by atoms with Crippen LogP contribution in [0.1, 0.15) is 43.1 Å². The minimum atomic E-state index is 0.0669. The van der Waals surface area contributed by atoms with E-state index in [1.54, 1.807) is 7.11 Å². The van der Waals surface area contributed by atoms with Gasteiger partial charge in [0.1, 0.15) is 11.4 Å². The highest BCUT2D eigenvalue weighted by Crippen LogP contribution is 2.30. The van der Waals surface area contributed by atoms with Crippen molar-refractivity contribution in [1.82, 2.24) is 10.3 Å². The van der Waals surface area contributed by atoms with E-state index in [1.807, 2.05) is 18.3 Å². The minimum Gasteiger partial charge on any atom is -0.495 e. The summed E-state index contributed by atoms with van der Waals surface area (Å²) in [5.41, 5.74) is 3.58. The maximum Gasteiger partial charge on any atom is 0.142 e. The highest BCUT2D eigenvalue weighted by molar-refractivity contribution is 5.40. The molecule has 1 N–H and O–H groups in total. The molecular weight excluding hydrogens is 260 g/mol. The molecule has 1 aromatic heterocycles. The van der Waals surface area contributed by atoms with Gasteiger partial charge in [-0.1, -0.05) is 38.1 Å². The average Bonchev–Trinajstić information content (AvgIpc) is 2.56. The Morgan fingerprint density at radius 1 is 1.14 bits per heavy atom. The molecule has 0 spiro atoms. The zero-order valence-corrected chi connectivity index (χ0v) is 13.1. The third-order valence-electron chi connectivity index (χ3n) is 3.64. The molecule has 1 unspecified atom stereocenters. The smallest absolute Gasteiger partial charge is 0.142 e. The maximum atomic E-state index is 5.50. The molecule has 0 fully saturated rings. The summed E-state index contributed by atoms with van der Waals surface area (Å²) >= 11 is 0. The summed E-state index contributed by atoms with van der Waals surface area (Å²) in [6.45, 7) is 5.30. The molecule has 0 saturated carbocycles. The van der Waals surface area contributed by atoms with E-state index in [0.717, 1.165) is 30.8 Å². The van der Waals surface area contributed by atoms with Gasteiger partial charge in [0.15, 0.2) is 0 Å². The molecule has 2 aromatic rings. The van der Waals surface area contributed by atoms with Crippen molar-refractivity contribution < 1.29 is 4.74 Å². The Balaban J connectivity index is 2.47. The molecule has 2 rings (SSSR count). The predicted molar refractivity (Wildman–Crippen MR) is 86.7 cm³/mol. The zero-order valence-electron chi connectivity index (χ0n) is 13.1. The summed E-state index contributed by atoms with van der Waals surface area (Å²) in [5.74, 6) is 0.831. The van der Waals surface area contributed by atoms with Gasteiger partial charge >= 0.3 is 0 Å². The van der Waals surface area contributed by atoms with Crippen molar-refractivity contribution in [3.63, 3.8) is 0 Å². The summed E-state index contributed by atoms with van der Waals surface area (Å²) in [5, 5.41) is 3.61. The lowest BCUT2D eigenvalue weighted by Gasteiger charge is -2.22. The Labute approximate surface area is 127 Å². The lowest BCUT2D eigenvalue weighted by atomic mass is 9.95. The van der Waals surface area contributed by atoms with Gasteiger partial charge in [-0.3, -0.25) is 4.98 Å². The second-order valence-corrected chi connectivity index (χ2v) is 5.03.